The lowest BCUT2D eigenvalue weighted by atomic mass is 10.00. The fourth-order valence-corrected chi connectivity index (χ4v) is 1.64. The van der Waals surface area contributed by atoms with E-state index in [-0.39, 0.29) is 12.6 Å². The Hall–Kier alpha value is -1.26. The van der Waals surface area contributed by atoms with Crippen LogP contribution in [0.4, 0.5) is 0 Å². The van der Waals surface area contributed by atoms with E-state index in [4.69, 9.17) is 20.3 Å². The zero-order chi connectivity index (χ0) is 12.1. The number of hydrogen-bond acceptors (Lipinski definition) is 4. The summed E-state index contributed by atoms with van der Waals surface area (Å²) in [6.07, 6.45) is 0.593. The minimum atomic E-state index is -0.263. The fourth-order valence-electron chi connectivity index (χ4n) is 1.64. The Morgan fingerprint density at radius 3 is 2.50 bits per heavy atom. The van der Waals surface area contributed by atoms with Crippen LogP contribution in [-0.2, 0) is 6.42 Å². The third-order valence-corrected chi connectivity index (χ3v) is 2.56. The molecule has 0 saturated heterocycles. The number of aliphatic hydroxyl groups excluding tert-OH is 1. The van der Waals surface area contributed by atoms with E-state index in [0.717, 1.165) is 22.6 Å². The predicted molar refractivity (Wildman–Crippen MR) is 63.0 cm³/mol. The van der Waals surface area contributed by atoms with Crippen molar-refractivity contribution in [1.82, 2.24) is 0 Å². The molecule has 0 fully saturated rings. The summed E-state index contributed by atoms with van der Waals surface area (Å²) in [4.78, 5) is 0. The first-order valence-electron chi connectivity index (χ1n) is 5.20. The van der Waals surface area contributed by atoms with Crippen molar-refractivity contribution in [3.63, 3.8) is 0 Å². The fraction of sp³-hybridized carbons (Fsp3) is 0.500. The normalized spacial score (nSPS) is 12.3. The molecule has 90 valence electrons. The maximum Gasteiger partial charge on any atom is 0.126 e. The first-order valence-corrected chi connectivity index (χ1v) is 5.20. The van der Waals surface area contributed by atoms with Gasteiger partial charge in [-0.3, -0.25) is 0 Å². The molecule has 4 heteroatoms. The van der Waals surface area contributed by atoms with Crippen LogP contribution in [0.1, 0.15) is 11.1 Å². The predicted octanol–water partition coefficient (Wildman–Crippen LogP) is 0.874. The molecule has 1 unspecified atom stereocenters. The van der Waals surface area contributed by atoms with E-state index in [1.54, 1.807) is 14.2 Å². The molecule has 0 aliphatic rings. The van der Waals surface area contributed by atoms with Gasteiger partial charge < -0.3 is 20.3 Å². The second-order valence-corrected chi connectivity index (χ2v) is 3.77. The lowest BCUT2D eigenvalue weighted by Gasteiger charge is -2.16. The van der Waals surface area contributed by atoms with Crippen molar-refractivity contribution in [3.8, 4) is 11.5 Å². The minimum absolute atomic E-state index is 0.0331. The van der Waals surface area contributed by atoms with Crippen molar-refractivity contribution in [2.24, 2.45) is 5.73 Å². The maximum atomic E-state index is 8.96. The van der Waals surface area contributed by atoms with Gasteiger partial charge in [0.2, 0.25) is 0 Å². The molecular weight excluding hydrogens is 206 g/mol. The summed E-state index contributed by atoms with van der Waals surface area (Å²) in [5, 5.41) is 8.96. The summed E-state index contributed by atoms with van der Waals surface area (Å²) in [6.45, 7) is 1.94. The smallest absolute Gasteiger partial charge is 0.126 e. The molecule has 0 aliphatic heterocycles. The largest absolute Gasteiger partial charge is 0.497 e. The highest BCUT2D eigenvalue weighted by Gasteiger charge is 2.12. The molecule has 0 aliphatic carbocycles. The summed E-state index contributed by atoms with van der Waals surface area (Å²) in [5.74, 6) is 1.51. The van der Waals surface area contributed by atoms with E-state index < -0.39 is 0 Å². The second kappa shape index (κ2) is 5.72. The molecule has 0 amide bonds. The van der Waals surface area contributed by atoms with Gasteiger partial charge in [0.1, 0.15) is 11.5 Å². The van der Waals surface area contributed by atoms with E-state index in [0.29, 0.717) is 6.42 Å². The van der Waals surface area contributed by atoms with E-state index in [9.17, 15) is 0 Å². The van der Waals surface area contributed by atoms with Crippen LogP contribution in [0.15, 0.2) is 12.1 Å². The molecule has 1 rings (SSSR count). The van der Waals surface area contributed by atoms with Crippen LogP contribution >= 0.6 is 0 Å². The van der Waals surface area contributed by atoms with Crippen LogP contribution in [-0.4, -0.2) is 32.0 Å². The van der Waals surface area contributed by atoms with E-state index in [1.807, 2.05) is 19.1 Å². The van der Waals surface area contributed by atoms with Gasteiger partial charge >= 0.3 is 0 Å². The average Bonchev–Trinajstić information content (AvgIpc) is 2.30. The van der Waals surface area contributed by atoms with Gasteiger partial charge in [-0.25, -0.2) is 0 Å². The van der Waals surface area contributed by atoms with Gasteiger partial charge in [0, 0.05) is 12.1 Å². The number of benzene rings is 1. The molecule has 0 heterocycles. The average molecular weight is 225 g/mol. The number of aryl methyl sites for hydroxylation is 1. The number of rotatable bonds is 5. The van der Waals surface area contributed by atoms with Crippen LogP contribution in [0.25, 0.3) is 0 Å². The summed E-state index contributed by atoms with van der Waals surface area (Å²) >= 11 is 0. The zero-order valence-electron chi connectivity index (χ0n) is 9.99. The van der Waals surface area contributed by atoms with Crippen molar-refractivity contribution in [2.45, 2.75) is 19.4 Å². The molecule has 0 saturated carbocycles. The molecular formula is C12H19NO3. The maximum absolute atomic E-state index is 8.96. The molecule has 4 nitrogen and oxygen atoms in total. The Bertz CT molecular complexity index is 352. The molecule has 3 N–H and O–H groups in total. The van der Waals surface area contributed by atoms with Crippen molar-refractivity contribution in [3.05, 3.63) is 23.3 Å². The van der Waals surface area contributed by atoms with E-state index in [1.165, 1.54) is 0 Å². The Morgan fingerprint density at radius 2 is 2.00 bits per heavy atom. The van der Waals surface area contributed by atoms with E-state index >= 15 is 0 Å². The van der Waals surface area contributed by atoms with Crippen LogP contribution < -0.4 is 15.2 Å². The highest BCUT2D eigenvalue weighted by molar-refractivity contribution is 5.46. The topological polar surface area (TPSA) is 64.7 Å². The van der Waals surface area contributed by atoms with Crippen molar-refractivity contribution >= 4 is 0 Å². The van der Waals surface area contributed by atoms with Gasteiger partial charge in [0.25, 0.3) is 0 Å². The van der Waals surface area contributed by atoms with Gasteiger partial charge in [-0.05, 0) is 30.5 Å². The standard InChI is InChI=1S/C12H19NO3/c1-8-4-10(15-2)6-12(16-3)11(8)5-9(13)7-14/h4,6,9,14H,5,7,13H2,1-3H3. The van der Waals surface area contributed by atoms with Gasteiger partial charge in [-0.15, -0.1) is 0 Å². The van der Waals surface area contributed by atoms with Gasteiger partial charge in [-0.2, -0.15) is 0 Å². The van der Waals surface area contributed by atoms with Gasteiger partial charge in [0.05, 0.1) is 20.8 Å². The monoisotopic (exact) mass is 225 g/mol. The molecule has 0 radical (unpaired) electrons. The van der Waals surface area contributed by atoms with Crippen LogP contribution in [0, 0.1) is 6.92 Å². The number of ether oxygens (including phenoxy) is 2. The number of nitrogens with two attached hydrogens (primary N) is 1. The molecule has 0 spiro atoms. The van der Waals surface area contributed by atoms with Crippen LogP contribution in [0.2, 0.25) is 0 Å². The second-order valence-electron chi connectivity index (χ2n) is 3.77. The minimum Gasteiger partial charge on any atom is -0.497 e. The third kappa shape index (κ3) is 2.87. The molecule has 0 bridgehead atoms. The molecule has 16 heavy (non-hydrogen) atoms. The zero-order valence-corrected chi connectivity index (χ0v) is 9.99. The summed E-state index contributed by atoms with van der Waals surface area (Å²) < 4.78 is 10.5. The lowest BCUT2D eigenvalue weighted by Crippen LogP contribution is -2.27. The van der Waals surface area contributed by atoms with Crippen LogP contribution in [0.3, 0.4) is 0 Å². The summed E-state index contributed by atoms with van der Waals surface area (Å²) in [7, 11) is 3.23. The number of hydrogen-bond donors (Lipinski definition) is 2. The van der Waals surface area contributed by atoms with Crippen molar-refractivity contribution in [1.29, 1.82) is 0 Å². The Morgan fingerprint density at radius 1 is 1.31 bits per heavy atom. The summed E-state index contributed by atoms with van der Waals surface area (Å²) in [5.41, 5.74) is 7.81. The SMILES string of the molecule is COc1cc(C)c(CC(N)CO)c(OC)c1. The first kappa shape index (κ1) is 12.8. The van der Waals surface area contributed by atoms with Gasteiger partial charge in [0.15, 0.2) is 0 Å². The highest BCUT2D eigenvalue weighted by Crippen LogP contribution is 2.29. The Labute approximate surface area is 96.0 Å². The van der Waals surface area contributed by atoms with Gasteiger partial charge in [-0.1, -0.05) is 0 Å². The molecule has 1 atom stereocenters. The molecule has 0 aromatic heterocycles. The lowest BCUT2D eigenvalue weighted by molar-refractivity contribution is 0.264. The quantitative estimate of drug-likeness (QED) is 0.780. The number of methoxy groups -OCH3 is 2. The van der Waals surface area contributed by atoms with Crippen LogP contribution in [0.5, 0.6) is 11.5 Å². The molecule has 1 aromatic rings. The van der Waals surface area contributed by atoms with Crippen molar-refractivity contribution < 1.29 is 14.6 Å². The number of aliphatic hydroxyl groups is 1. The Kier molecular flexibility index (Phi) is 4.58. The molecule has 1 aromatic carbocycles. The summed E-state index contributed by atoms with van der Waals surface area (Å²) in [6, 6.07) is 3.50. The first-order chi connectivity index (χ1) is 7.62. The highest BCUT2D eigenvalue weighted by atomic mass is 16.5. The third-order valence-electron chi connectivity index (χ3n) is 2.56. The Balaban J connectivity index is 3.06. The van der Waals surface area contributed by atoms with Crippen molar-refractivity contribution in [2.75, 3.05) is 20.8 Å². The van der Waals surface area contributed by atoms with E-state index in [2.05, 4.69) is 0 Å².